The van der Waals surface area contributed by atoms with E-state index in [-0.39, 0.29) is 22.8 Å². The van der Waals surface area contributed by atoms with Crippen molar-refractivity contribution in [1.29, 1.82) is 0 Å². The molecule has 1 heterocycles. The number of carbonyl (C=O) groups is 2. The lowest BCUT2D eigenvalue weighted by atomic mass is 10.0. The Labute approximate surface area is 190 Å². The maximum Gasteiger partial charge on any atom is 0.278 e. The lowest BCUT2D eigenvalue weighted by Gasteiger charge is -2.15. The first-order valence-corrected chi connectivity index (χ1v) is 10.2. The molecule has 0 aromatic heterocycles. The molecule has 0 spiro atoms. The van der Waals surface area contributed by atoms with Crippen LogP contribution in [0.3, 0.4) is 0 Å². The fraction of sp³-hybridized carbons (Fsp3) is 0.273. The Bertz CT molecular complexity index is 1020. The molecule has 0 aliphatic carbocycles. The second kappa shape index (κ2) is 10.0. The van der Waals surface area contributed by atoms with Crippen LogP contribution < -0.4 is 14.8 Å². The van der Waals surface area contributed by atoms with Gasteiger partial charge in [0.05, 0.1) is 24.8 Å². The number of hydrogen-bond donors (Lipinski definition) is 1. The summed E-state index contributed by atoms with van der Waals surface area (Å²) in [7, 11) is 4.62. The molecule has 0 fully saturated rings. The first-order chi connectivity index (χ1) is 14.9. The zero-order valence-corrected chi connectivity index (χ0v) is 18.8. The zero-order valence-electron chi connectivity index (χ0n) is 17.3. The molecule has 9 heteroatoms. The van der Waals surface area contributed by atoms with Gasteiger partial charge in [0.1, 0.15) is 17.2 Å². The van der Waals surface area contributed by atoms with Crippen LogP contribution in [0.5, 0.6) is 11.5 Å². The van der Waals surface area contributed by atoms with Crippen molar-refractivity contribution < 1.29 is 23.8 Å². The van der Waals surface area contributed by atoms with Crippen LogP contribution in [0.25, 0.3) is 5.57 Å². The molecule has 0 saturated heterocycles. The number of amides is 2. The standard InChI is InChI=1S/C22H22Cl2N2O5/c1-29-8-4-7-26-21(27)19(17-6-5-13(23)9-18(17)24)20(22(26)28)25-14-10-15(30-2)12-16(11-14)31-3/h5-6,9-12,25H,4,7-8H2,1-3H3. The molecule has 0 atom stereocenters. The lowest BCUT2D eigenvalue weighted by molar-refractivity contribution is -0.136. The van der Waals surface area contributed by atoms with E-state index in [0.29, 0.717) is 40.8 Å². The first-order valence-electron chi connectivity index (χ1n) is 9.44. The molecule has 7 nitrogen and oxygen atoms in total. The number of carbonyl (C=O) groups excluding carboxylic acids is 2. The number of anilines is 1. The Kier molecular flexibility index (Phi) is 7.43. The van der Waals surface area contributed by atoms with E-state index in [1.165, 1.54) is 25.2 Å². The molecule has 1 aliphatic rings. The van der Waals surface area contributed by atoms with Crippen molar-refractivity contribution in [1.82, 2.24) is 4.90 Å². The molecule has 0 saturated carbocycles. The first kappa shape index (κ1) is 22.9. The van der Waals surface area contributed by atoms with E-state index in [4.69, 9.17) is 37.4 Å². The van der Waals surface area contributed by atoms with Crippen molar-refractivity contribution in [2.24, 2.45) is 0 Å². The topological polar surface area (TPSA) is 77.1 Å². The Morgan fingerprint density at radius 1 is 0.935 bits per heavy atom. The van der Waals surface area contributed by atoms with Crippen LogP contribution in [-0.4, -0.2) is 51.2 Å². The molecule has 1 aliphatic heterocycles. The van der Waals surface area contributed by atoms with Crippen LogP contribution in [0.15, 0.2) is 42.1 Å². The van der Waals surface area contributed by atoms with E-state index in [9.17, 15) is 9.59 Å². The molecule has 0 radical (unpaired) electrons. The molecule has 3 rings (SSSR count). The third-order valence-corrected chi connectivity index (χ3v) is 5.27. The number of imide groups is 1. The van der Waals surface area contributed by atoms with E-state index in [0.717, 1.165) is 0 Å². The van der Waals surface area contributed by atoms with Crippen molar-refractivity contribution in [2.45, 2.75) is 6.42 Å². The summed E-state index contributed by atoms with van der Waals surface area (Å²) in [5.74, 6) is 0.163. The minimum absolute atomic E-state index is 0.113. The van der Waals surface area contributed by atoms with Crippen LogP contribution in [-0.2, 0) is 14.3 Å². The summed E-state index contributed by atoms with van der Waals surface area (Å²) in [6.07, 6.45) is 0.510. The van der Waals surface area contributed by atoms with Gasteiger partial charge in [-0.05, 0) is 18.6 Å². The maximum atomic E-state index is 13.2. The number of hydrogen-bond acceptors (Lipinski definition) is 6. The van der Waals surface area contributed by atoms with Gasteiger partial charge in [0.2, 0.25) is 0 Å². The van der Waals surface area contributed by atoms with E-state index in [2.05, 4.69) is 5.32 Å². The summed E-state index contributed by atoms with van der Waals surface area (Å²) in [5.41, 5.74) is 1.22. The number of halogens is 2. The fourth-order valence-electron chi connectivity index (χ4n) is 3.23. The van der Waals surface area contributed by atoms with Gasteiger partial charge < -0.3 is 19.5 Å². The van der Waals surface area contributed by atoms with Gasteiger partial charge >= 0.3 is 0 Å². The molecule has 31 heavy (non-hydrogen) atoms. The summed E-state index contributed by atoms with van der Waals surface area (Å²) in [5, 5.41) is 3.76. The number of ether oxygens (including phenoxy) is 3. The largest absolute Gasteiger partial charge is 0.497 e. The van der Waals surface area contributed by atoms with Crippen molar-refractivity contribution >= 4 is 46.3 Å². The second-order valence-corrected chi connectivity index (χ2v) is 7.55. The van der Waals surface area contributed by atoms with Crippen molar-refractivity contribution in [3.05, 3.63) is 57.7 Å². The van der Waals surface area contributed by atoms with Gasteiger partial charge in [-0.2, -0.15) is 0 Å². The fourth-order valence-corrected chi connectivity index (χ4v) is 3.73. The predicted octanol–water partition coefficient (Wildman–Crippen LogP) is 4.24. The van der Waals surface area contributed by atoms with Gasteiger partial charge in [-0.15, -0.1) is 0 Å². The average Bonchev–Trinajstić information content (AvgIpc) is 2.98. The van der Waals surface area contributed by atoms with Gasteiger partial charge in [0.25, 0.3) is 11.8 Å². The highest BCUT2D eigenvalue weighted by Crippen LogP contribution is 2.36. The maximum absolute atomic E-state index is 13.2. The SMILES string of the molecule is COCCCN1C(=O)C(Nc2cc(OC)cc(OC)c2)=C(c2ccc(Cl)cc2Cl)C1=O. The van der Waals surface area contributed by atoms with Crippen LogP contribution in [0, 0.1) is 0 Å². The van der Waals surface area contributed by atoms with Gasteiger partial charge in [-0.25, -0.2) is 0 Å². The Morgan fingerprint density at radius 3 is 2.19 bits per heavy atom. The van der Waals surface area contributed by atoms with Crippen LogP contribution in [0.1, 0.15) is 12.0 Å². The molecule has 0 unspecified atom stereocenters. The van der Waals surface area contributed by atoms with Gasteiger partial charge in [0, 0.05) is 54.7 Å². The van der Waals surface area contributed by atoms with E-state index in [1.54, 1.807) is 37.4 Å². The highest BCUT2D eigenvalue weighted by Gasteiger charge is 2.39. The molecular formula is C22H22Cl2N2O5. The summed E-state index contributed by atoms with van der Waals surface area (Å²) < 4.78 is 15.6. The number of nitrogens with zero attached hydrogens (tertiary/aromatic N) is 1. The van der Waals surface area contributed by atoms with Gasteiger partial charge in [-0.1, -0.05) is 29.3 Å². The minimum atomic E-state index is -0.455. The van der Waals surface area contributed by atoms with Gasteiger partial charge in [-0.3, -0.25) is 14.5 Å². The zero-order chi connectivity index (χ0) is 22.5. The molecule has 164 valence electrons. The second-order valence-electron chi connectivity index (χ2n) is 6.71. The van der Waals surface area contributed by atoms with Crippen LogP contribution in [0.4, 0.5) is 5.69 Å². The number of benzene rings is 2. The normalized spacial score (nSPS) is 13.8. The van der Waals surface area contributed by atoms with E-state index in [1.807, 2.05) is 0 Å². The Morgan fingerprint density at radius 2 is 1.61 bits per heavy atom. The Hall–Kier alpha value is -2.74. The van der Waals surface area contributed by atoms with E-state index < -0.39 is 11.8 Å². The summed E-state index contributed by atoms with van der Waals surface area (Å²) in [6.45, 7) is 0.636. The molecule has 1 N–H and O–H groups in total. The predicted molar refractivity (Wildman–Crippen MR) is 120 cm³/mol. The van der Waals surface area contributed by atoms with Crippen molar-refractivity contribution in [3.63, 3.8) is 0 Å². The van der Waals surface area contributed by atoms with Crippen molar-refractivity contribution in [2.75, 3.05) is 39.8 Å². The lowest BCUT2D eigenvalue weighted by Crippen LogP contribution is -2.33. The highest BCUT2D eigenvalue weighted by molar-refractivity contribution is 6.41. The Balaban J connectivity index is 2.07. The third-order valence-electron chi connectivity index (χ3n) is 4.72. The monoisotopic (exact) mass is 464 g/mol. The smallest absolute Gasteiger partial charge is 0.278 e. The molecule has 2 amide bonds. The molecule has 2 aromatic carbocycles. The molecular weight excluding hydrogens is 443 g/mol. The summed E-state index contributed by atoms with van der Waals surface area (Å²) in [6, 6.07) is 9.87. The summed E-state index contributed by atoms with van der Waals surface area (Å²) in [4.78, 5) is 27.6. The number of nitrogens with one attached hydrogen (secondary N) is 1. The number of rotatable bonds is 9. The van der Waals surface area contributed by atoms with E-state index >= 15 is 0 Å². The van der Waals surface area contributed by atoms with Gasteiger partial charge in [0.15, 0.2) is 0 Å². The molecule has 0 bridgehead atoms. The summed E-state index contributed by atoms with van der Waals surface area (Å²) >= 11 is 12.4. The van der Waals surface area contributed by atoms with Crippen LogP contribution >= 0.6 is 23.2 Å². The minimum Gasteiger partial charge on any atom is -0.497 e. The van der Waals surface area contributed by atoms with Crippen molar-refractivity contribution in [3.8, 4) is 11.5 Å². The van der Waals surface area contributed by atoms with Crippen LogP contribution in [0.2, 0.25) is 10.0 Å². The average molecular weight is 465 g/mol. The third kappa shape index (κ3) is 4.95. The quantitative estimate of drug-likeness (QED) is 0.441. The number of methoxy groups -OCH3 is 3. The molecule has 2 aromatic rings. The highest BCUT2D eigenvalue weighted by atomic mass is 35.5.